The van der Waals surface area contributed by atoms with E-state index in [1.165, 1.54) is 0 Å². The molecule has 0 fully saturated rings. The topological polar surface area (TPSA) is 0 Å². The SMILES string of the molecule is C=CC[N+](C)(C)CC=C.[Cl-].[PbH2]. The molecule has 0 aromatic rings. The predicted molar refractivity (Wildman–Crippen MR) is 50.8 cm³/mol. The van der Waals surface area contributed by atoms with Crippen LogP contribution in [0.1, 0.15) is 0 Å². The molecular weight excluding hydrogens is 353 g/mol. The van der Waals surface area contributed by atoms with Crippen LogP contribution in [0.25, 0.3) is 0 Å². The van der Waals surface area contributed by atoms with Gasteiger partial charge >= 0.3 is 27.3 Å². The van der Waals surface area contributed by atoms with Crippen molar-refractivity contribution in [3.8, 4) is 0 Å². The second-order valence-electron chi connectivity index (χ2n) is 2.88. The number of hydrogen-bond donors (Lipinski definition) is 0. The third-order valence-electron chi connectivity index (χ3n) is 1.25. The Labute approximate surface area is 96.3 Å². The first-order valence-electron chi connectivity index (χ1n) is 3.16. The third kappa shape index (κ3) is 10.7. The fraction of sp³-hybridized carbons (Fsp3) is 0.500. The molecule has 0 saturated carbocycles. The average Bonchev–Trinajstić information content (AvgIpc) is 1.64. The maximum atomic E-state index is 3.68. The quantitative estimate of drug-likeness (QED) is 0.292. The Kier molecular flexibility index (Phi) is 14.0. The Hall–Kier alpha value is 0.652. The number of nitrogens with zero attached hydrogens (tertiary/aromatic N) is 1. The Morgan fingerprint density at radius 3 is 1.55 bits per heavy atom. The molecule has 1 nitrogen and oxygen atoms in total. The van der Waals surface area contributed by atoms with Crippen LogP contribution in [-0.2, 0) is 0 Å². The molecule has 0 saturated heterocycles. The van der Waals surface area contributed by atoms with Crippen molar-refractivity contribution in [1.29, 1.82) is 0 Å². The van der Waals surface area contributed by atoms with E-state index in [-0.39, 0.29) is 39.7 Å². The van der Waals surface area contributed by atoms with E-state index in [0.29, 0.717) is 0 Å². The van der Waals surface area contributed by atoms with Crippen LogP contribution in [0.2, 0.25) is 0 Å². The zero-order valence-electron chi connectivity index (χ0n) is 7.52. The minimum absolute atomic E-state index is 0. The van der Waals surface area contributed by atoms with Gasteiger partial charge in [0, 0.05) is 0 Å². The molecule has 2 radical (unpaired) electrons. The zero-order chi connectivity index (χ0) is 7.33. The monoisotopic (exact) mass is 371 g/mol. The van der Waals surface area contributed by atoms with Gasteiger partial charge in [0.1, 0.15) is 0 Å². The minimum atomic E-state index is 0. The van der Waals surface area contributed by atoms with Crippen molar-refractivity contribution in [2.75, 3.05) is 27.2 Å². The summed E-state index contributed by atoms with van der Waals surface area (Å²) in [6.07, 6.45) is 3.87. The molecule has 0 aromatic carbocycles. The average molecular weight is 371 g/mol. The summed E-state index contributed by atoms with van der Waals surface area (Å²) in [6.45, 7) is 9.37. The molecule has 0 aliphatic heterocycles. The second-order valence-corrected chi connectivity index (χ2v) is 2.88. The van der Waals surface area contributed by atoms with Crippen LogP contribution in [0.4, 0.5) is 0 Å². The van der Waals surface area contributed by atoms with Gasteiger partial charge in [-0.25, -0.2) is 0 Å². The molecule has 0 bridgehead atoms. The van der Waals surface area contributed by atoms with Gasteiger partial charge in [-0.2, -0.15) is 0 Å². The second kappa shape index (κ2) is 8.75. The summed E-state index contributed by atoms with van der Waals surface area (Å²) in [4.78, 5) is 0. The molecule has 0 aromatic heterocycles. The van der Waals surface area contributed by atoms with Gasteiger partial charge in [-0.1, -0.05) is 13.2 Å². The molecule has 66 valence electrons. The Morgan fingerprint density at radius 1 is 1.09 bits per heavy atom. The van der Waals surface area contributed by atoms with Crippen LogP contribution in [-0.4, -0.2) is 59.0 Å². The molecule has 0 spiro atoms. The van der Waals surface area contributed by atoms with Gasteiger partial charge in [-0.05, 0) is 12.2 Å². The van der Waals surface area contributed by atoms with Crippen molar-refractivity contribution in [1.82, 2.24) is 0 Å². The number of rotatable bonds is 4. The summed E-state index contributed by atoms with van der Waals surface area (Å²) in [6, 6.07) is 0. The maximum absolute atomic E-state index is 3.68. The standard InChI is InChI=1S/C8H16N.ClH.Pb.2H/c1-5-7-9(3,4)8-6-2;;;;/h5-6H,1-2,7-8H2,3-4H3;1H;;;/q+1;;;;/p-1. The Balaban J connectivity index is -0.000000320. The van der Waals surface area contributed by atoms with Crippen molar-refractivity contribution in [3.05, 3.63) is 25.3 Å². The molecule has 0 heterocycles. The molecule has 0 unspecified atom stereocenters. The van der Waals surface area contributed by atoms with E-state index in [2.05, 4.69) is 27.3 Å². The molecule has 0 atom stereocenters. The van der Waals surface area contributed by atoms with E-state index in [4.69, 9.17) is 0 Å². The van der Waals surface area contributed by atoms with Gasteiger partial charge in [0.25, 0.3) is 0 Å². The van der Waals surface area contributed by atoms with Crippen LogP contribution in [0.5, 0.6) is 0 Å². The third-order valence-corrected chi connectivity index (χ3v) is 1.25. The molecule has 11 heavy (non-hydrogen) atoms. The zero-order valence-corrected chi connectivity index (χ0v) is 13.8. The summed E-state index contributed by atoms with van der Waals surface area (Å²) < 4.78 is 0.951. The number of halogens is 1. The van der Waals surface area contributed by atoms with Gasteiger partial charge in [-0.15, -0.1) is 0 Å². The van der Waals surface area contributed by atoms with Gasteiger partial charge in [0.15, 0.2) is 0 Å². The first-order chi connectivity index (χ1) is 4.12. The van der Waals surface area contributed by atoms with Gasteiger partial charge < -0.3 is 16.9 Å². The molecule has 0 aliphatic carbocycles. The van der Waals surface area contributed by atoms with E-state index in [1.807, 2.05) is 12.2 Å². The number of quaternary nitrogens is 1. The van der Waals surface area contributed by atoms with E-state index < -0.39 is 0 Å². The molecule has 0 amide bonds. The molecule has 3 heteroatoms. The molecule has 0 aliphatic rings. The van der Waals surface area contributed by atoms with Crippen molar-refractivity contribution >= 4 is 27.3 Å². The fourth-order valence-corrected chi connectivity index (χ4v) is 0.774. The van der Waals surface area contributed by atoms with Crippen molar-refractivity contribution in [3.63, 3.8) is 0 Å². The number of likely N-dealkylation sites (N-methyl/N-ethyl adjacent to an activating group) is 1. The predicted octanol–water partition coefficient (Wildman–Crippen LogP) is -2.48. The van der Waals surface area contributed by atoms with Gasteiger partial charge in [0.2, 0.25) is 0 Å². The van der Waals surface area contributed by atoms with Crippen LogP contribution in [0.3, 0.4) is 0 Å². The van der Waals surface area contributed by atoms with Crippen molar-refractivity contribution < 1.29 is 16.9 Å². The Morgan fingerprint density at radius 2 is 1.36 bits per heavy atom. The van der Waals surface area contributed by atoms with Crippen molar-refractivity contribution in [2.45, 2.75) is 0 Å². The van der Waals surface area contributed by atoms with Crippen LogP contribution >= 0.6 is 0 Å². The van der Waals surface area contributed by atoms with Gasteiger partial charge in [-0.3, -0.25) is 0 Å². The molecule has 0 rings (SSSR count). The van der Waals surface area contributed by atoms with Gasteiger partial charge in [0.05, 0.1) is 27.2 Å². The summed E-state index contributed by atoms with van der Waals surface area (Å²) >= 11 is 0. The summed E-state index contributed by atoms with van der Waals surface area (Å²) in [5.74, 6) is 0. The van der Waals surface area contributed by atoms with Crippen LogP contribution < -0.4 is 12.4 Å². The molecule has 0 N–H and O–H groups in total. The summed E-state index contributed by atoms with van der Waals surface area (Å²) in [5.41, 5.74) is 0. The number of hydrogen-bond acceptors (Lipinski definition) is 0. The first-order valence-corrected chi connectivity index (χ1v) is 3.16. The first kappa shape index (κ1) is 17.7. The van der Waals surface area contributed by atoms with E-state index >= 15 is 0 Å². The van der Waals surface area contributed by atoms with E-state index in [9.17, 15) is 0 Å². The van der Waals surface area contributed by atoms with Crippen molar-refractivity contribution in [2.24, 2.45) is 0 Å². The van der Waals surface area contributed by atoms with E-state index in [0.717, 1.165) is 17.6 Å². The van der Waals surface area contributed by atoms with E-state index in [1.54, 1.807) is 0 Å². The van der Waals surface area contributed by atoms with Crippen LogP contribution in [0.15, 0.2) is 25.3 Å². The summed E-state index contributed by atoms with van der Waals surface area (Å²) in [7, 11) is 4.31. The fourth-order valence-electron chi connectivity index (χ4n) is 0.774. The summed E-state index contributed by atoms with van der Waals surface area (Å²) in [5, 5.41) is 0. The van der Waals surface area contributed by atoms with Crippen LogP contribution in [0, 0.1) is 0 Å². The normalized spacial score (nSPS) is 8.91. The Bertz CT molecular complexity index is 101. The molecular formula is C8H18ClNPb.